The number of benzene rings is 1. The minimum absolute atomic E-state index is 0.215. The summed E-state index contributed by atoms with van der Waals surface area (Å²) in [6.45, 7) is 0.619. The second kappa shape index (κ2) is 10.4. The zero-order valence-corrected chi connectivity index (χ0v) is 16.2. The highest BCUT2D eigenvalue weighted by atomic mass is 16.5. The lowest BCUT2D eigenvalue weighted by Crippen LogP contribution is -2.23. The summed E-state index contributed by atoms with van der Waals surface area (Å²) in [5, 5.41) is 24.7. The van der Waals surface area contributed by atoms with E-state index < -0.39 is 6.10 Å². The molecule has 29 heavy (non-hydrogen) atoms. The fraction of sp³-hybridized carbons (Fsp3) is 0.286. The van der Waals surface area contributed by atoms with Crippen LogP contribution in [0.4, 0.5) is 11.6 Å². The van der Waals surface area contributed by atoms with Crippen LogP contribution >= 0.6 is 0 Å². The number of aliphatic hydroxyl groups is 2. The Morgan fingerprint density at radius 1 is 1.03 bits per heavy atom. The number of nitrogens with one attached hydrogen (secondary N) is 2. The van der Waals surface area contributed by atoms with Crippen LogP contribution in [-0.2, 0) is 6.42 Å². The van der Waals surface area contributed by atoms with E-state index in [0.29, 0.717) is 12.4 Å². The zero-order valence-electron chi connectivity index (χ0n) is 16.2. The highest BCUT2D eigenvalue weighted by Crippen LogP contribution is 2.21. The summed E-state index contributed by atoms with van der Waals surface area (Å²) < 4.78 is 5.38. The van der Waals surface area contributed by atoms with E-state index in [2.05, 4.69) is 25.6 Å². The molecule has 0 radical (unpaired) electrons. The maximum atomic E-state index is 9.46. The van der Waals surface area contributed by atoms with Gasteiger partial charge >= 0.3 is 0 Å². The van der Waals surface area contributed by atoms with Crippen LogP contribution in [0.2, 0.25) is 0 Å². The summed E-state index contributed by atoms with van der Waals surface area (Å²) in [5.41, 5.74) is 2.76. The molecule has 1 aromatic carbocycles. The summed E-state index contributed by atoms with van der Waals surface area (Å²) in [4.78, 5) is 12.8. The molecule has 8 nitrogen and oxygen atoms in total. The van der Waals surface area contributed by atoms with Crippen LogP contribution in [0.1, 0.15) is 5.56 Å². The maximum absolute atomic E-state index is 9.46. The molecular formula is C21H25N5O3. The van der Waals surface area contributed by atoms with Crippen LogP contribution in [0, 0.1) is 0 Å². The number of aromatic nitrogens is 3. The fourth-order valence-corrected chi connectivity index (χ4v) is 2.82. The van der Waals surface area contributed by atoms with Gasteiger partial charge in [-0.15, -0.1) is 0 Å². The second-order valence-electron chi connectivity index (χ2n) is 6.42. The van der Waals surface area contributed by atoms with Gasteiger partial charge in [0.25, 0.3) is 0 Å². The molecule has 3 aromatic rings. The summed E-state index contributed by atoms with van der Waals surface area (Å²) >= 11 is 0. The van der Waals surface area contributed by atoms with Gasteiger partial charge in [0.1, 0.15) is 23.7 Å². The van der Waals surface area contributed by atoms with Gasteiger partial charge in [-0.2, -0.15) is 0 Å². The SMILES string of the molecule is COc1ccccc1CCNc1cc(-c2ccnc(NCC(O)CO)c2)ncn1. The van der Waals surface area contributed by atoms with Gasteiger partial charge < -0.3 is 25.6 Å². The Morgan fingerprint density at radius 2 is 1.86 bits per heavy atom. The lowest BCUT2D eigenvalue weighted by atomic mass is 10.1. The Morgan fingerprint density at radius 3 is 2.69 bits per heavy atom. The van der Waals surface area contributed by atoms with Crippen molar-refractivity contribution < 1.29 is 14.9 Å². The molecule has 3 rings (SSSR count). The number of ether oxygens (including phenoxy) is 1. The first kappa shape index (κ1) is 20.5. The molecule has 152 valence electrons. The van der Waals surface area contributed by atoms with Crippen molar-refractivity contribution in [1.29, 1.82) is 0 Å². The predicted octanol–water partition coefficient (Wildman–Crippen LogP) is 1.97. The van der Waals surface area contributed by atoms with Gasteiger partial charge in [0.2, 0.25) is 0 Å². The van der Waals surface area contributed by atoms with Crippen molar-refractivity contribution in [3.8, 4) is 17.0 Å². The van der Waals surface area contributed by atoms with Gasteiger partial charge in [-0.3, -0.25) is 0 Å². The van der Waals surface area contributed by atoms with E-state index >= 15 is 0 Å². The standard InChI is InChI=1S/C21H25N5O3/c1-29-19-5-3-2-4-15(19)6-8-23-21-11-18(25-14-26-21)16-7-9-22-20(10-16)24-12-17(28)13-27/h2-5,7,9-11,14,17,27-28H,6,8,12-13H2,1H3,(H,22,24)(H,23,25,26). The van der Waals surface area contributed by atoms with Crippen LogP contribution in [0.15, 0.2) is 55.0 Å². The molecular weight excluding hydrogens is 370 g/mol. The molecule has 4 N–H and O–H groups in total. The number of hydrogen-bond donors (Lipinski definition) is 4. The van der Waals surface area contributed by atoms with Crippen molar-refractivity contribution >= 4 is 11.6 Å². The minimum atomic E-state index is -0.835. The molecule has 0 saturated carbocycles. The molecule has 8 heteroatoms. The van der Waals surface area contributed by atoms with Gasteiger partial charge in [-0.05, 0) is 30.2 Å². The van der Waals surface area contributed by atoms with Gasteiger partial charge in [-0.1, -0.05) is 18.2 Å². The van der Waals surface area contributed by atoms with Crippen molar-refractivity contribution in [2.24, 2.45) is 0 Å². The molecule has 1 unspecified atom stereocenters. The third kappa shape index (κ3) is 5.87. The molecule has 0 saturated heterocycles. The molecule has 0 bridgehead atoms. The predicted molar refractivity (Wildman–Crippen MR) is 112 cm³/mol. The van der Waals surface area contributed by atoms with Crippen molar-refractivity contribution in [3.05, 3.63) is 60.6 Å². The number of anilines is 2. The van der Waals surface area contributed by atoms with Crippen LogP contribution in [0.25, 0.3) is 11.3 Å². The van der Waals surface area contributed by atoms with Gasteiger partial charge in [-0.25, -0.2) is 15.0 Å². The third-order valence-electron chi connectivity index (χ3n) is 4.35. The Balaban J connectivity index is 1.63. The Bertz CT molecular complexity index is 922. The van der Waals surface area contributed by atoms with E-state index in [1.807, 2.05) is 42.5 Å². The summed E-state index contributed by atoms with van der Waals surface area (Å²) in [6.07, 6.45) is 3.15. The van der Waals surface area contributed by atoms with E-state index in [1.54, 1.807) is 13.3 Å². The highest BCUT2D eigenvalue weighted by Gasteiger charge is 2.07. The van der Waals surface area contributed by atoms with Crippen molar-refractivity contribution in [1.82, 2.24) is 15.0 Å². The first-order valence-electron chi connectivity index (χ1n) is 9.36. The van der Waals surface area contributed by atoms with E-state index in [-0.39, 0.29) is 13.2 Å². The van der Waals surface area contributed by atoms with E-state index in [0.717, 1.165) is 34.8 Å². The largest absolute Gasteiger partial charge is 0.496 e. The Labute approximate surface area is 169 Å². The van der Waals surface area contributed by atoms with Gasteiger partial charge in [0.15, 0.2) is 0 Å². The second-order valence-corrected chi connectivity index (χ2v) is 6.42. The van der Waals surface area contributed by atoms with Crippen LogP contribution in [0.3, 0.4) is 0 Å². The Hall–Kier alpha value is -3.23. The molecule has 0 spiro atoms. The van der Waals surface area contributed by atoms with Crippen LogP contribution in [-0.4, -0.2) is 58.1 Å². The molecule has 1 atom stereocenters. The number of aliphatic hydroxyl groups excluding tert-OH is 2. The number of para-hydroxylation sites is 1. The highest BCUT2D eigenvalue weighted by molar-refractivity contribution is 5.65. The van der Waals surface area contributed by atoms with E-state index in [1.165, 1.54) is 6.33 Å². The van der Waals surface area contributed by atoms with Crippen molar-refractivity contribution in [2.45, 2.75) is 12.5 Å². The lowest BCUT2D eigenvalue weighted by molar-refractivity contribution is 0.105. The molecule has 0 aliphatic heterocycles. The average Bonchev–Trinajstić information content (AvgIpc) is 2.78. The molecule has 2 heterocycles. The molecule has 0 amide bonds. The molecule has 0 fully saturated rings. The van der Waals surface area contributed by atoms with E-state index in [4.69, 9.17) is 9.84 Å². The average molecular weight is 395 g/mol. The van der Waals surface area contributed by atoms with Crippen molar-refractivity contribution in [2.75, 3.05) is 37.4 Å². The molecule has 0 aliphatic rings. The quantitative estimate of drug-likeness (QED) is 0.412. The topological polar surface area (TPSA) is 112 Å². The smallest absolute Gasteiger partial charge is 0.129 e. The lowest BCUT2D eigenvalue weighted by Gasteiger charge is -2.11. The first-order chi connectivity index (χ1) is 14.2. The molecule has 0 aliphatic carbocycles. The van der Waals surface area contributed by atoms with Gasteiger partial charge in [0.05, 0.1) is 25.5 Å². The third-order valence-corrected chi connectivity index (χ3v) is 4.35. The van der Waals surface area contributed by atoms with Crippen molar-refractivity contribution in [3.63, 3.8) is 0 Å². The monoisotopic (exact) mass is 395 g/mol. The van der Waals surface area contributed by atoms with Gasteiger partial charge in [0, 0.05) is 30.9 Å². The van der Waals surface area contributed by atoms with Crippen LogP contribution in [0.5, 0.6) is 5.75 Å². The summed E-state index contributed by atoms with van der Waals surface area (Å²) in [7, 11) is 1.67. The maximum Gasteiger partial charge on any atom is 0.129 e. The number of hydrogen-bond acceptors (Lipinski definition) is 8. The minimum Gasteiger partial charge on any atom is -0.496 e. The number of nitrogens with zero attached hydrogens (tertiary/aromatic N) is 3. The summed E-state index contributed by atoms with van der Waals surface area (Å²) in [5.74, 6) is 2.20. The number of rotatable bonds is 10. The van der Waals surface area contributed by atoms with Crippen LogP contribution < -0.4 is 15.4 Å². The number of pyridine rings is 1. The normalized spacial score (nSPS) is 11.7. The van der Waals surface area contributed by atoms with E-state index in [9.17, 15) is 5.11 Å². The first-order valence-corrected chi connectivity index (χ1v) is 9.36. The number of methoxy groups -OCH3 is 1. The fourth-order valence-electron chi connectivity index (χ4n) is 2.82. The summed E-state index contributed by atoms with van der Waals surface area (Å²) in [6, 6.07) is 13.5. The molecule has 2 aromatic heterocycles. The Kier molecular flexibility index (Phi) is 7.32. The zero-order chi connectivity index (χ0) is 20.5.